The summed E-state index contributed by atoms with van der Waals surface area (Å²) in [5, 5.41) is 0. The van der Waals surface area contributed by atoms with E-state index in [1.54, 1.807) is 45.0 Å². The Kier molecular flexibility index (Phi) is 4.48. The lowest BCUT2D eigenvalue weighted by molar-refractivity contribution is -0.153. The minimum absolute atomic E-state index is 0.259. The summed E-state index contributed by atoms with van der Waals surface area (Å²) in [4.78, 5) is 23.4. The summed E-state index contributed by atoms with van der Waals surface area (Å²) in [6.07, 6.45) is -0.259. The van der Waals surface area contributed by atoms with Crippen molar-refractivity contribution in [2.45, 2.75) is 32.8 Å². The number of carbonyl (C=O) groups is 2. The molecule has 18 heavy (non-hydrogen) atoms. The van der Waals surface area contributed by atoms with Crippen LogP contribution in [-0.2, 0) is 9.53 Å². The minimum Gasteiger partial charge on any atom is -0.497 e. The number of hydrogen-bond acceptors (Lipinski definition) is 4. The maximum Gasteiger partial charge on any atom is 0.314 e. The highest BCUT2D eigenvalue weighted by molar-refractivity contribution is 6.06. The van der Waals surface area contributed by atoms with Gasteiger partial charge in [-0.05, 0) is 32.9 Å². The molecule has 0 aliphatic heterocycles. The Hall–Kier alpha value is -1.84. The summed E-state index contributed by atoms with van der Waals surface area (Å²) in [5.74, 6) is -0.205. The number of methoxy groups -OCH3 is 1. The highest BCUT2D eigenvalue weighted by atomic mass is 16.6. The molecule has 0 aliphatic rings. The van der Waals surface area contributed by atoms with Gasteiger partial charge in [0.1, 0.15) is 17.8 Å². The van der Waals surface area contributed by atoms with Crippen molar-refractivity contribution >= 4 is 11.8 Å². The van der Waals surface area contributed by atoms with Crippen molar-refractivity contribution in [1.82, 2.24) is 0 Å². The molecule has 98 valence electrons. The molecule has 4 nitrogen and oxygen atoms in total. The number of Topliss-reactive ketones (excluding diaryl/α,β-unsaturated/α-hetero) is 1. The molecule has 0 aliphatic carbocycles. The van der Waals surface area contributed by atoms with Gasteiger partial charge in [-0.25, -0.2) is 0 Å². The van der Waals surface area contributed by atoms with Gasteiger partial charge in [-0.1, -0.05) is 12.1 Å². The monoisotopic (exact) mass is 250 g/mol. The fraction of sp³-hybridized carbons (Fsp3) is 0.429. The molecule has 0 saturated carbocycles. The molecule has 1 aromatic carbocycles. The van der Waals surface area contributed by atoms with Crippen LogP contribution in [0.3, 0.4) is 0 Å². The fourth-order valence-corrected chi connectivity index (χ4v) is 1.41. The molecule has 0 fully saturated rings. The molecule has 4 heteroatoms. The summed E-state index contributed by atoms with van der Waals surface area (Å²) in [6.45, 7) is 5.29. The highest BCUT2D eigenvalue weighted by Crippen LogP contribution is 2.15. The summed E-state index contributed by atoms with van der Waals surface area (Å²) in [5.41, 5.74) is -0.133. The summed E-state index contributed by atoms with van der Waals surface area (Å²) < 4.78 is 10.1. The fourth-order valence-electron chi connectivity index (χ4n) is 1.41. The van der Waals surface area contributed by atoms with Crippen molar-refractivity contribution < 1.29 is 19.1 Å². The Morgan fingerprint density at radius 2 is 1.89 bits per heavy atom. The third-order valence-corrected chi connectivity index (χ3v) is 2.12. The minimum atomic E-state index is -0.578. The van der Waals surface area contributed by atoms with Gasteiger partial charge in [-0.2, -0.15) is 0 Å². The van der Waals surface area contributed by atoms with Crippen LogP contribution in [0, 0.1) is 0 Å². The third kappa shape index (κ3) is 4.57. The molecule has 0 bridgehead atoms. The van der Waals surface area contributed by atoms with E-state index in [0.29, 0.717) is 11.3 Å². The smallest absolute Gasteiger partial charge is 0.314 e. The standard InChI is InChI=1S/C14H18O4/c1-14(2,3)18-13(16)9-12(15)10-6-5-7-11(8-10)17-4/h5-8H,9H2,1-4H3. The zero-order chi connectivity index (χ0) is 13.8. The molecule has 0 atom stereocenters. The van der Waals surface area contributed by atoms with E-state index in [1.807, 2.05) is 0 Å². The maximum atomic E-state index is 11.9. The third-order valence-electron chi connectivity index (χ3n) is 2.12. The van der Waals surface area contributed by atoms with Crippen LogP contribution in [0.1, 0.15) is 37.6 Å². The summed E-state index contributed by atoms with van der Waals surface area (Å²) >= 11 is 0. The van der Waals surface area contributed by atoms with E-state index in [4.69, 9.17) is 9.47 Å². The molecule has 1 rings (SSSR count). The van der Waals surface area contributed by atoms with Gasteiger partial charge < -0.3 is 9.47 Å². The molecule has 0 spiro atoms. The molecule has 0 amide bonds. The summed E-state index contributed by atoms with van der Waals surface area (Å²) in [7, 11) is 1.53. The molecule has 0 N–H and O–H groups in total. The number of rotatable bonds is 4. The number of esters is 1. The van der Waals surface area contributed by atoms with Crippen LogP contribution in [0.5, 0.6) is 5.75 Å². The largest absolute Gasteiger partial charge is 0.497 e. The molecule has 0 aromatic heterocycles. The second kappa shape index (κ2) is 5.67. The van der Waals surface area contributed by atoms with Crippen LogP contribution in [0.15, 0.2) is 24.3 Å². The average molecular weight is 250 g/mol. The van der Waals surface area contributed by atoms with Gasteiger partial charge in [0, 0.05) is 5.56 Å². The first kappa shape index (κ1) is 14.2. The Labute approximate surface area is 107 Å². The highest BCUT2D eigenvalue weighted by Gasteiger charge is 2.19. The van der Waals surface area contributed by atoms with E-state index in [1.165, 1.54) is 7.11 Å². The normalized spacial score (nSPS) is 10.9. The topological polar surface area (TPSA) is 52.6 Å². The van der Waals surface area contributed by atoms with Crippen molar-refractivity contribution in [3.05, 3.63) is 29.8 Å². The molecule has 0 saturated heterocycles. The number of benzene rings is 1. The molecule has 0 unspecified atom stereocenters. The zero-order valence-electron chi connectivity index (χ0n) is 11.1. The number of ether oxygens (including phenoxy) is 2. The van der Waals surface area contributed by atoms with Crippen LogP contribution in [0.25, 0.3) is 0 Å². The SMILES string of the molecule is COc1cccc(C(=O)CC(=O)OC(C)(C)C)c1. The van der Waals surface area contributed by atoms with E-state index in [0.717, 1.165) is 0 Å². The number of hydrogen-bond donors (Lipinski definition) is 0. The van der Waals surface area contributed by atoms with Gasteiger partial charge in [-0.3, -0.25) is 9.59 Å². The first-order valence-electron chi connectivity index (χ1n) is 5.71. The molecule has 0 radical (unpaired) electrons. The van der Waals surface area contributed by atoms with Gasteiger partial charge in [-0.15, -0.1) is 0 Å². The first-order valence-corrected chi connectivity index (χ1v) is 5.71. The Bertz CT molecular complexity index is 443. The van der Waals surface area contributed by atoms with Crippen molar-refractivity contribution in [1.29, 1.82) is 0 Å². The molecular weight excluding hydrogens is 232 g/mol. The van der Waals surface area contributed by atoms with Gasteiger partial charge in [0.25, 0.3) is 0 Å². The Balaban J connectivity index is 2.68. The van der Waals surface area contributed by atoms with Gasteiger partial charge >= 0.3 is 5.97 Å². The second-order valence-electron chi connectivity index (χ2n) is 4.92. The predicted octanol–water partition coefficient (Wildman–Crippen LogP) is 2.61. The van der Waals surface area contributed by atoms with Gasteiger partial charge in [0.15, 0.2) is 5.78 Å². The van der Waals surface area contributed by atoms with Gasteiger partial charge in [0.05, 0.1) is 7.11 Å². The number of carbonyl (C=O) groups excluding carboxylic acids is 2. The van der Waals surface area contributed by atoms with Crippen molar-refractivity contribution in [2.24, 2.45) is 0 Å². The van der Waals surface area contributed by atoms with Crippen LogP contribution in [0.4, 0.5) is 0 Å². The van der Waals surface area contributed by atoms with Crippen molar-refractivity contribution in [2.75, 3.05) is 7.11 Å². The lowest BCUT2D eigenvalue weighted by Gasteiger charge is -2.19. The maximum absolute atomic E-state index is 11.9. The first-order chi connectivity index (χ1) is 8.31. The molecule has 1 aromatic rings. The molecular formula is C14H18O4. The summed E-state index contributed by atoms with van der Waals surface area (Å²) in [6, 6.07) is 6.70. The van der Waals surface area contributed by atoms with E-state index in [-0.39, 0.29) is 12.2 Å². The van der Waals surface area contributed by atoms with E-state index < -0.39 is 11.6 Å². The van der Waals surface area contributed by atoms with Gasteiger partial charge in [0.2, 0.25) is 0 Å². The van der Waals surface area contributed by atoms with Crippen LogP contribution >= 0.6 is 0 Å². The number of ketones is 1. The van der Waals surface area contributed by atoms with E-state index >= 15 is 0 Å². The molecule has 0 heterocycles. The lowest BCUT2D eigenvalue weighted by Crippen LogP contribution is -2.25. The van der Waals surface area contributed by atoms with E-state index in [2.05, 4.69) is 0 Å². The van der Waals surface area contributed by atoms with Crippen LogP contribution in [0.2, 0.25) is 0 Å². The second-order valence-corrected chi connectivity index (χ2v) is 4.92. The quantitative estimate of drug-likeness (QED) is 0.468. The van der Waals surface area contributed by atoms with Crippen molar-refractivity contribution in [3.63, 3.8) is 0 Å². The van der Waals surface area contributed by atoms with Crippen LogP contribution in [-0.4, -0.2) is 24.5 Å². The predicted molar refractivity (Wildman–Crippen MR) is 67.8 cm³/mol. The van der Waals surface area contributed by atoms with E-state index in [9.17, 15) is 9.59 Å². The average Bonchev–Trinajstić information content (AvgIpc) is 2.26. The van der Waals surface area contributed by atoms with Crippen molar-refractivity contribution in [3.8, 4) is 5.75 Å². The lowest BCUT2D eigenvalue weighted by atomic mass is 10.1. The Morgan fingerprint density at radius 1 is 1.22 bits per heavy atom. The zero-order valence-corrected chi connectivity index (χ0v) is 11.1. The Morgan fingerprint density at radius 3 is 2.44 bits per heavy atom. The van der Waals surface area contributed by atoms with Crippen LogP contribution < -0.4 is 4.74 Å².